The first-order valence-corrected chi connectivity index (χ1v) is 4.27. The van der Waals surface area contributed by atoms with Crippen molar-refractivity contribution in [3.63, 3.8) is 0 Å². The second-order valence-electron chi connectivity index (χ2n) is 2.80. The fourth-order valence-corrected chi connectivity index (χ4v) is 1.38. The van der Waals surface area contributed by atoms with Gasteiger partial charge in [-0.2, -0.15) is 0 Å². The zero-order valence-corrected chi connectivity index (χ0v) is 7.88. The lowest BCUT2D eigenvalue weighted by atomic mass is 10.5. The summed E-state index contributed by atoms with van der Waals surface area (Å²) in [5.74, 6) is 0. The summed E-state index contributed by atoms with van der Waals surface area (Å²) < 4.78 is 2.31. The van der Waals surface area contributed by atoms with Crippen LogP contribution >= 0.6 is 12.2 Å². The molecule has 2 aromatic rings. The van der Waals surface area contributed by atoms with Crippen molar-refractivity contribution in [1.29, 1.82) is 0 Å². The molecule has 0 spiro atoms. The van der Waals surface area contributed by atoms with E-state index in [0.717, 1.165) is 5.65 Å². The Morgan fingerprint density at radius 3 is 3.08 bits per heavy atom. The number of fused-ring (bicyclic) bond motifs is 1. The van der Waals surface area contributed by atoms with Crippen LogP contribution in [-0.2, 0) is 0 Å². The zero-order chi connectivity index (χ0) is 9.42. The summed E-state index contributed by atoms with van der Waals surface area (Å²) in [7, 11) is 0. The van der Waals surface area contributed by atoms with E-state index in [1.165, 1.54) is 0 Å². The van der Waals surface area contributed by atoms with Crippen molar-refractivity contribution in [2.75, 3.05) is 0 Å². The number of nitrogens with two attached hydrogens (primary N) is 1. The molecule has 0 amide bonds. The van der Waals surface area contributed by atoms with E-state index in [9.17, 15) is 0 Å². The van der Waals surface area contributed by atoms with Gasteiger partial charge in [-0.3, -0.25) is 0 Å². The molecule has 2 aromatic heterocycles. The van der Waals surface area contributed by atoms with Crippen LogP contribution in [0.3, 0.4) is 0 Å². The SMILES string of the molecule is CC(N)n1cnc2c(=S)nc[nH]c21. The Labute approximate surface area is 79.6 Å². The molecular weight excluding hydrogens is 186 g/mol. The number of aromatic amines is 1. The summed E-state index contributed by atoms with van der Waals surface area (Å²) in [6, 6.07) is 0. The van der Waals surface area contributed by atoms with Crippen LogP contribution in [0, 0.1) is 4.64 Å². The minimum atomic E-state index is -0.127. The fraction of sp³-hybridized carbons (Fsp3) is 0.286. The molecule has 5 nitrogen and oxygen atoms in total. The van der Waals surface area contributed by atoms with Gasteiger partial charge < -0.3 is 15.3 Å². The second-order valence-corrected chi connectivity index (χ2v) is 3.18. The maximum absolute atomic E-state index is 5.72. The third-order valence-electron chi connectivity index (χ3n) is 1.82. The molecule has 6 heteroatoms. The topological polar surface area (TPSA) is 72.5 Å². The van der Waals surface area contributed by atoms with Gasteiger partial charge in [0.25, 0.3) is 0 Å². The molecule has 0 aromatic carbocycles. The summed E-state index contributed by atoms with van der Waals surface area (Å²) in [6.45, 7) is 1.87. The molecule has 0 fully saturated rings. The minimum Gasteiger partial charge on any atom is -0.330 e. The van der Waals surface area contributed by atoms with Crippen LogP contribution in [0.1, 0.15) is 13.1 Å². The Bertz CT molecular complexity index is 483. The van der Waals surface area contributed by atoms with E-state index in [-0.39, 0.29) is 6.17 Å². The first-order chi connectivity index (χ1) is 6.20. The highest BCUT2D eigenvalue weighted by Crippen LogP contribution is 2.11. The summed E-state index contributed by atoms with van der Waals surface area (Å²) in [5, 5.41) is 0. The summed E-state index contributed by atoms with van der Waals surface area (Å²) >= 11 is 5.01. The first kappa shape index (κ1) is 8.33. The zero-order valence-electron chi connectivity index (χ0n) is 7.06. The van der Waals surface area contributed by atoms with Gasteiger partial charge in [-0.05, 0) is 6.92 Å². The summed E-state index contributed by atoms with van der Waals surface area (Å²) in [5.41, 5.74) is 7.23. The van der Waals surface area contributed by atoms with E-state index in [1.54, 1.807) is 12.7 Å². The van der Waals surface area contributed by atoms with Crippen molar-refractivity contribution in [2.45, 2.75) is 13.1 Å². The van der Waals surface area contributed by atoms with Crippen LogP contribution in [0.2, 0.25) is 0 Å². The number of hydrogen-bond donors (Lipinski definition) is 2. The average Bonchev–Trinajstić information content (AvgIpc) is 2.48. The van der Waals surface area contributed by atoms with Gasteiger partial charge in [0.1, 0.15) is 11.2 Å². The second kappa shape index (κ2) is 2.90. The van der Waals surface area contributed by atoms with Crippen LogP contribution in [0.4, 0.5) is 0 Å². The standard InChI is InChI=1S/C7H9N5S/c1-4(8)12-3-11-5-6(12)9-2-10-7(5)13/h2-4H,8H2,1H3,(H,9,10,13). The molecule has 0 aliphatic carbocycles. The smallest absolute Gasteiger partial charge is 0.157 e. The number of rotatable bonds is 1. The number of imidazole rings is 1. The molecular formula is C7H9N5S. The monoisotopic (exact) mass is 195 g/mol. The van der Waals surface area contributed by atoms with Crippen molar-refractivity contribution in [1.82, 2.24) is 19.5 Å². The van der Waals surface area contributed by atoms with Gasteiger partial charge in [0.05, 0.1) is 18.8 Å². The Balaban J connectivity index is 2.83. The van der Waals surface area contributed by atoms with E-state index in [2.05, 4.69) is 15.0 Å². The molecule has 13 heavy (non-hydrogen) atoms. The highest BCUT2D eigenvalue weighted by atomic mass is 32.1. The van der Waals surface area contributed by atoms with Crippen molar-refractivity contribution >= 4 is 23.4 Å². The van der Waals surface area contributed by atoms with Gasteiger partial charge in [-0.25, -0.2) is 9.97 Å². The van der Waals surface area contributed by atoms with Gasteiger partial charge in [-0.15, -0.1) is 0 Å². The van der Waals surface area contributed by atoms with E-state index in [0.29, 0.717) is 10.2 Å². The van der Waals surface area contributed by atoms with Crippen LogP contribution in [0.5, 0.6) is 0 Å². The fourth-order valence-electron chi connectivity index (χ4n) is 1.18. The molecule has 2 rings (SSSR count). The Kier molecular flexibility index (Phi) is 1.86. The van der Waals surface area contributed by atoms with E-state index >= 15 is 0 Å². The highest BCUT2D eigenvalue weighted by Gasteiger charge is 2.06. The normalized spacial score (nSPS) is 13.4. The Morgan fingerprint density at radius 2 is 2.38 bits per heavy atom. The molecule has 0 aliphatic heterocycles. The summed E-state index contributed by atoms with van der Waals surface area (Å²) in [4.78, 5) is 11.0. The largest absolute Gasteiger partial charge is 0.330 e. The molecule has 1 atom stereocenters. The number of nitrogens with zero attached hydrogens (tertiary/aromatic N) is 3. The van der Waals surface area contributed by atoms with Crippen molar-refractivity contribution in [3.8, 4) is 0 Å². The Hall–Kier alpha value is -1.27. The van der Waals surface area contributed by atoms with E-state index < -0.39 is 0 Å². The molecule has 1 unspecified atom stereocenters. The quantitative estimate of drug-likeness (QED) is 0.665. The molecule has 0 bridgehead atoms. The Morgan fingerprint density at radius 1 is 1.62 bits per heavy atom. The molecule has 2 heterocycles. The van der Waals surface area contributed by atoms with Crippen LogP contribution in [-0.4, -0.2) is 19.5 Å². The van der Waals surface area contributed by atoms with Crippen LogP contribution < -0.4 is 5.73 Å². The lowest BCUT2D eigenvalue weighted by molar-refractivity contribution is 0.583. The van der Waals surface area contributed by atoms with Crippen molar-refractivity contribution < 1.29 is 0 Å². The van der Waals surface area contributed by atoms with Gasteiger partial charge >= 0.3 is 0 Å². The van der Waals surface area contributed by atoms with E-state index in [1.807, 2.05) is 11.5 Å². The number of aromatic nitrogens is 4. The average molecular weight is 195 g/mol. The third-order valence-corrected chi connectivity index (χ3v) is 2.12. The van der Waals surface area contributed by atoms with E-state index in [4.69, 9.17) is 18.0 Å². The van der Waals surface area contributed by atoms with Gasteiger partial charge in [0.15, 0.2) is 4.64 Å². The molecule has 0 saturated heterocycles. The van der Waals surface area contributed by atoms with Gasteiger partial charge in [0.2, 0.25) is 0 Å². The third kappa shape index (κ3) is 1.24. The molecule has 68 valence electrons. The minimum absolute atomic E-state index is 0.127. The molecule has 3 N–H and O–H groups in total. The number of hydrogen-bond acceptors (Lipinski definition) is 4. The highest BCUT2D eigenvalue weighted by molar-refractivity contribution is 7.71. The number of nitrogens with one attached hydrogen (secondary N) is 1. The lowest BCUT2D eigenvalue weighted by Gasteiger charge is -2.06. The summed E-state index contributed by atoms with van der Waals surface area (Å²) in [6.07, 6.45) is 3.08. The van der Waals surface area contributed by atoms with Crippen LogP contribution in [0.15, 0.2) is 12.7 Å². The van der Waals surface area contributed by atoms with Gasteiger partial charge in [0, 0.05) is 0 Å². The van der Waals surface area contributed by atoms with Crippen molar-refractivity contribution in [3.05, 3.63) is 17.3 Å². The molecule has 0 aliphatic rings. The van der Waals surface area contributed by atoms with Crippen LogP contribution in [0.25, 0.3) is 11.2 Å². The molecule has 0 radical (unpaired) electrons. The maximum atomic E-state index is 5.72. The predicted molar refractivity (Wildman–Crippen MR) is 51.6 cm³/mol. The maximum Gasteiger partial charge on any atom is 0.157 e. The van der Waals surface area contributed by atoms with Gasteiger partial charge in [-0.1, -0.05) is 12.2 Å². The predicted octanol–water partition coefficient (Wildman–Crippen LogP) is 0.966. The first-order valence-electron chi connectivity index (χ1n) is 3.86. The number of H-pyrrole nitrogens is 1. The lowest BCUT2D eigenvalue weighted by Crippen LogP contribution is -2.13. The molecule has 0 saturated carbocycles. The van der Waals surface area contributed by atoms with Crippen molar-refractivity contribution in [2.24, 2.45) is 5.73 Å².